The lowest BCUT2D eigenvalue weighted by Crippen LogP contribution is -2.32. The van der Waals surface area contributed by atoms with E-state index in [2.05, 4.69) is 5.32 Å². The average molecular weight is 254 g/mol. The first-order chi connectivity index (χ1) is 8.43. The van der Waals surface area contributed by atoms with E-state index in [1.165, 1.54) is 25.2 Å². The molecule has 0 aliphatic carbocycles. The summed E-state index contributed by atoms with van der Waals surface area (Å²) >= 11 is 0. The molecule has 0 aliphatic rings. The molecule has 1 aromatic carbocycles. The molecule has 18 heavy (non-hydrogen) atoms. The summed E-state index contributed by atoms with van der Waals surface area (Å²) in [5, 5.41) is 11.2. The van der Waals surface area contributed by atoms with Crippen molar-refractivity contribution < 1.29 is 19.1 Å². The number of nitrogens with one attached hydrogen (secondary N) is 1. The molecule has 1 aromatic rings. The molecule has 0 bridgehead atoms. The number of carboxylic acids is 1. The van der Waals surface area contributed by atoms with E-state index in [0.717, 1.165) is 0 Å². The minimum absolute atomic E-state index is 0.139. The zero-order valence-electron chi connectivity index (χ0n) is 10.2. The first kappa shape index (κ1) is 14.1. The van der Waals surface area contributed by atoms with E-state index in [1.807, 2.05) is 0 Å². The topological polar surface area (TPSA) is 69.6 Å². The number of nitrogens with zero attached hydrogens (tertiary/aromatic N) is 1. The van der Waals surface area contributed by atoms with Crippen LogP contribution in [0.3, 0.4) is 0 Å². The van der Waals surface area contributed by atoms with Crippen LogP contribution in [0.2, 0.25) is 0 Å². The highest BCUT2D eigenvalue weighted by Crippen LogP contribution is 2.12. The number of hydrogen-bond acceptors (Lipinski definition) is 3. The number of rotatable bonds is 5. The predicted octanol–water partition coefficient (Wildman–Crippen LogP) is 0.702. The Labute approximate surface area is 104 Å². The van der Waals surface area contributed by atoms with Crippen molar-refractivity contribution in [2.24, 2.45) is 0 Å². The molecule has 0 saturated heterocycles. The quantitative estimate of drug-likeness (QED) is 0.811. The van der Waals surface area contributed by atoms with Crippen LogP contribution in [-0.2, 0) is 11.3 Å². The van der Waals surface area contributed by atoms with Crippen LogP contribution >= 0.6 is 0 Å². The molecule has 2 N–H and O–H groups in total. The normalized spacial score (nSPS) is 10.4. The molecule has 98 valence electrons. The number of benzene rings is 1. The minimum atomic E-state index is -1.29. The first-order valence-corrected chi connectivity index (χ1v) is 5.35. The van der Waals surface area contributed by atoms with Crippen LogP contribution in [0.15, 0.2) is 18.2 Å². The molecule has 0 heterocycles. The van der Waals surface area contributed by atoms with Gasteiger partial charge in [0, 0.05) is 13.6 Å². The Hall–Kier alpha value is -1.95. The zero-order valence-corrected chi connectivity index (χ0v) is 10.2. The molecule has 0 spiro atoms. The maximum absolute atomic E-state index is 13.4. The number of carboxylic acid groups (broad SMARTS) is 1. The number of amides is 1. The van der Waals surface area contributed by atoms with Crippen molar-refractivity contribution >= 4 is 11.9 Å². The molecule has 1 amide bonds. The van der Waals surface area contributed by atoms with Gasteiger partial charge in [0.05, 0.1) is 12.1 Å². The molecule has 0 atom stereocenters. The lowest BCUT2D eigenvalue weighted by molar-refractivity contribution is -0.121. The van der Waals surface area contributed by atoms with Gasteiger partial charge in [-0.3, -0.25) is 9.69 Å². The number of carbonyl (C=O) groups excluding carboxylic acids is 1. The highest BCUT2D eigenvalue weighted by Gasteiger charge is 2.11. The Bertz CT molecular complexity index is 463. The summed E-state index contributed by atoms with van der Waals surface area (Å²) in [6.07, 6.45) is 0. The maximum Gasteiger partial charge on any atom is 0.338 e. The zero-order chi connectivity index (χ0) is 13.7. The van der Waals surface area contributed by atoms with Crippen molar-refractivity contribution in [3.05, 3.63) is 35.1 Å². The van der Waals surface area contributed by atoms with Gasteiger partial charge in [-0.05, 0) is 24.7 Å². The average Bonchev–Trinajstić information content (AvgIpc) is 2.28. The number of halogens is 1. The van der Waals surface area contributed by atoms with E-state index >= 15 is 0 Å². The van der Waals surface area contributed by atoms with E-state index in [4.69, 9.17) is 5.11 Å². The van der Waals surface area contributed by atoms with E-state index in [1.54, 1.807) is 11.9 Å². The summed E-state index contributed by atoms with van der Waals surface area (Å²) in [6.45, 7) is 0.559. The molecular weight excluding hydrogens is 239 g/mol. The smallest absolute Gasteiger partial charge is 0.338 e. The highest BCUT2D eigenvalue weighted by atomic mass is 19.1. The van der Waals surface area contributed by atoms with Crippen LogP contribution in [-0.4, -0.2) is 42.5 Å². The van der Waals surface area contributed by atoms with Crippen molar-refractivity contribution in [2.75, 3.05) is 20.6 Å². The summed E-state index contributed by atoms with van der Waals surface area (Å²) in [7, 11) is 3.26. The second-order valence-corrected chi connectivity index (χ2v) is 3.96. The lowest BCUT2D eigenvalue weighted by atomic mass is 10.1. The molecule has 0 radical (unpaired) electrons. The maximum atomic E-state index is 13.4. The van der Waals surface area contributed by atoms with Gasteiger partial charge in [0.15, 0.2) is 0 Å². The lowest BCUT2D eigenvalue weighted by Gasteiger charge is -2.15. The summed E-state index contributed by atoms with van der Waals surface area (Å²) in [6, 6.07) is 3.93. The molecule has 6 heteroatoms. The molecule has 5 nitrogen and oxygen atoms in total. The van der Waals surface area contributed by atoms with Crippen molar-refractivity contribution in [1.29, 1.82) is 0 Å². The monoisotopic (exact) mass is 254 g/mol. The van der Waals surface area contributed by atoms with Crippen LogP contribution in [0.1, 0.15) is 15.9 Å². The Morgan fingerprint density at radius 2 is 2.11 bits per heavy atom. The van der Waals surface area contributed by atoms with Crippen LogP contribution in [0.4, 0.5) is 4.39 Å². The summed E-state index contributed by atoms with van der Waals surface area (Å²) in [5.41, 5.74) is 0.261. The molecule has 1 rings (SSSR count). The minimum Gasteiger partial charge on any atom is -0.478 e. The molecule has 0 saturated carbocycles. The van der Waals surface area contributed by atoms with E-state index in [-0.39, 0.29) is 18.0 Å². The van der Waals surface area contributed by atoms with Crippen molar-refractivity contribution in [3.63, 3.8) is 0 Å². The third-order valence-corrected chi connectivity index (χ3v) is 2.41. The number of hydrogen-bond donors (Lipinski definition) is 2. The molecular formula is C12H15FN2O3. The Morgan fingerprint density at radius 1 is 1.44 bits per heavy atom. The SMILES string of the molecule is CNC(=O)CN(C)Cc1ccc(C(=O)O)c(F)c1. The number of aromatic carboxylic acids is 1. The van der Waals surface area contributed by atoms with Gasteiger partial charge >= 0.3 is 5.97 Å². The standard InChI is InChI=1S/C12H15FN2O3/c1-14-11(16)7-15(2)6-8-3-4-9(12(17)18)10(13)5-8/h3-5H,6-7H2,1-2H3,(H,14,16)(H,17,18). The van der Waals surface area contributed by atoms with Crippen molar-refractivity contribution in [1.82, 2.24) is 10.2 Å². The van der Waals surface area contributed by atoms with Gasteiger partial charge in [0.25, 0.3) is 0 Å². The molecule has 0 unspecified atom stereocenters. The van der Waals surface area contributed by atoms with Crippen LogP contribution < -0.4 is 5.32 Å². The van der Waals surface area contributed by atoms with Crippen LogP contribution in [0, 0.1) is 5.82 Å². The fourth-order valence-electron chi connectivity index (χ4n) is 1.52. The molecule has 0 aliphatic heterocycles. The van der Waals surface area contributed by atoms with Gasteiger partial charge in [0.2, 0.25) is 5.91 Å². The van der Waals surface area contributed by atoms with Gasteiger partial charge < -0.3 is 10.4 Å². The summed E-state index contributed by atoms with van der Waals surface area (Å²) in [5.74, 6) is -2.20. The fraction of sp³-hybridized carbons (Fsp3) is 0.333. The second-order valence-electron chi connectivity index (χ2n) is 3.96. The van der Waals surface area contributed by atoms with Gasteiger partial charge in [-0.1, -0.05) is 6.07 Å². The third kappa shape index (κ3) is 3.81. The third-order valence-electron chi connectivity index (χ3n) is 2.41. The Balaban J connectivity index is 2.71. The Kier molecular flexibility index (Phi) is 4.79. The molecule has 0 fully saturated rings. The van der Waals surface area contributed by atoms with Crippen LogP contribution in [0.5, 0.6) is 0 Å². The van der Waals surface area contributed by atoms with Crippen LogP contribution in [0.25, 0.3) is 0 Å². The van der Waals surface area contributed by atoms with E-state index < -0.39 is 11.8 Å². The van der Waals surface area contributed by atoms with E-state index in [0.29, 0.717) is 12.1 Å². The summed E-state index contributed by atoms with van der Waals surface area (Å²) in [4.78, 5) is 23.5. The fourth-order valence-corrected chi connectivity index (χ4v) is 1.52. The van der Waals surface area contributed by atoms with E-state index in [9.17, 15) is 14.0 Å². The Morgan fingerprint density at radius 3 is 2.61 bits per heavy atom. The highest BCUT2D eigenvalue weighted by molar-refractivity contribution is 5.87. The van der Waals surface area contributed by atoms with Crippen molar-refractivity contribution in [2.45, 2.75) is 6.54 Å². The van der Waals surface area contributed by atoms with Gasteiger partial charge in [0.1, 0.15) is 5.82 Å². The molecule has 0 aromatic heterocycles. The number of likely N-dealkylation sites (N-methyl/N-ethyl adjacent to an activating group) is 2. The second kappa shape index (κ2) is 6.11. The van der Waals surface area contributed by atoms with Crippen molar-refractivity contribution in [3.8, 4) is 0 Å². The predicted molar refractivity (Wildman–Crippen MR) is 63.8 cm³/mol. The van der Waals surface area contributed by atoms with Gasteiger partial charge in [-0.25, -0.2) is 9.18 Å². The number of carbonyl (C=O) groups is 2. The van der Waals surface area contributed by atoms with Gasteiger partial charge in [-0.2, -0.15) is 0 Å². The largest absolute Gasteiger partial charge is 0.478 e. The van der Waals surface area contributed by atoms with Gasteiger partial charge in [-0.15, -0.1) is 0 Å². The summed E-state index contributed by atoms with van der Waals surface area (Å²) < 4.78 is 13.4. The first-order valence-electron chi connectivity index (χ1n) is 5.35.